The Balaban J connectivity index is 1.42. The maximum absolute atomic E-state index is 12.2. The summed E-state index contributed by atoms with van der Waals surface area (Å²) in [6.07, 6.45) is 4.79. The first-order valence-electron chi connectivity index (χ1n) is 8.10. The van der Waals surface area contributed by atoms with E-state index in [9.17, 15) is 4.79 Å². The van der Waals surface area contributed by atoms with Crippen LogP contribution < -0.4 is 9.47 Å². The van der Waals surface area contributed by atoms with Gasteiger partial charge in [-0.1, -0.05) is 17.7 Å². The summed E-state index contributed by atoms with van der Waals surface area (Å²) < 4.78 is 11.4. The molecule has 1 aromatic carbocycles. The lowest BCUT2D eigenvalue weighted by molar-refractivity contribution is -0.135. The van der Waals surface area contributed by atoms with Crippen molar-refractivity contribution in [2.45, 2.75) is 25.9 Å². The molecule has 1 aliphatic rings. The van der Waals surface area contributed by atoms with Crippen LogP contribution in [0.15, 0.2) is 42.9 Å². The van der Waals surface area contributed by atoms with Crippen LogP contribution in [0.1, 0.15) is 18.4 Å². The first-order chi connectivity index (χ1) is 11.7. The minimum absolute atomic E-state index is 0.0102. The second-order valence-corrected chi connectivity index (χ2v) is 5.85. The molecule has 0 saturated carbocycles. The molecule has 0 N–H and O–H groups in total. The van der Waals surface area contributed by atoms with Gasteiger partial charge >= 0.3 is 0 Å². The van der Waals surface area contributed by atoms with Crippen molar-refractivity contribution in [3.8, 4) is 11.6 Å². The Morgan fingerprint density at radius 2 is 1.96 bits per heavy atom. The zero-order valence-electron chi connectivity index (χ0n) is 13.7. The zero-order chi connectivity index (χ0) is 16.8. The van der Waals surface area contributed by atoms with E-state index in [0.29, 0.717) is 19.0 Å². The van der Waals surface area contributed by atoms with Crippen molar-refractivity contribution in [2.24, 2.45) is 0 Å². The van der Waals surface area contributed by atoms with Gasteiger partial charge in [0.05, 0.1) is 0 Å². The molecule has 0 bridgehead atoms. The minimum atomic E-state index is 0.0102. The summed E-state index contributed by atoms with van der Waals surface area (Å²) in [6.45, 7) is 3.43. The monoisotopic (exact) mass is 327 g/mol. The molecule has 0 spiro atoms. The van der Waals surface area contributed by atoms with Crippen molar-refractivity contribution in [2.75, 3.05) is 19.7 Å². The second kappa shape index (κ2) is 7.77. The van der Waals surface area contributed by atoms with E-state index in [1.54, 1.807) is 12.3 Å². The van der Waals surface area contributed by atoms with E-state index in [0.717, 1.165) is 18.6 Å². The predicted molar refractivity (Wildman–Crippen MR) is 88.9 cm³/mol. The van der Waals surface area contributed by atoms with Crippen LogP contribution >= 0.6 is 0 Å². The van der Waals surface area contributed by atoms with Crippen LogP contribution in [0.3, 0.4) is 0 Å². The van der Waals surface area contributed by atoms with E-state index in [4.69, 9.17) is 9.47 Å². The Hall–Kier alpha value is -2.63. The summed E-state index contributed by atoms with van der Waals surface area (Å²) in [5.41, 5.74) is 1.17. The lowest BCUT2D eigenvalue weighted by Gasteiger charge is -2.31. The molecule has 0 unspecified atom stereocenters. The van der Waals surface area contributed by atoms with Gasteiger partial charge in [-0.25, -0.2) is 9.97 Å². The molecular formula is C18H21N3O3. The predicted octanol–water partition coefficient (Wildman–Crippen LogP) is 2.23. The number of likely N-dealkylation sites (tertiary alicyclic amines) is 1. The Morgan fingerprint density at radius 1 is 1.21 bits per heavy atom. The van der Waals surface area contributed by atoms with E-state index in [1.807, 2.05) is 36.1 Å². The van der Waals surface area contributed by atoms with E-state index in [-0.39, 0.29) is 18.6 Å². The van der Waals surface area contributed by atoms with Crippen LogP contribution in [-0.4, -0.2) is 46.6 Å². The average Bonchev–Trinajstić information content (AvgIpc) is 2.62. The summed E-state index contributed by atoms with van der Waals surface area (Å²) in [7, 11) is 0. The highest BCUT2D eigenvalue weighted by Gasteiger charge is 2.24. The van der Waals surface area contributed by atoms with Crippen LogP contribution in [0.4, 0.5) is 0 Å². The summed E-state index contributed by atoms with van der Waals surface area (Å²) in [4.78, 5) is 22.0. The molecule has 3 rings (SSSR count). The summed E-state index contributed by atoms with van der Waals surface area (Å²) in [5, 5.41) is 0. The lowest BCUT2D eigenvalue weighted by Crippen LogP contribution is -2.43. The number of hydrogen-bond donors (Lipinski definition) is 0. The quantitative estimate of drug-likeness (QED) is 0.842. The average molecular weight is 327 g/mol. The van der Waals surface area contributed by atoms with Gasteiger partial charge in [0, 0.05) is 38.2 Å². The molecule has 126 valence electrons. The Morgan fingerprint density at radius 3 is 2.62 bits per heavy atom. The van der Waals surface area contributed by atoms with Crippen LogP contribution in [0, 0.1) is 6.92 Å². The SMILES string of the molecule is Cc1ccc(OCC(=O)N2CCC(Oc3ccncn3)CC2)cc1. The molecule has 1 aromatic heterocycles. The summed E-state index contributed by atoms with van der Waals surface area (Å²) in [5.74, 6) is 1.31. The van der Waals surface area contributed by atoms with Gasteiger partial charge in [0.2, 0.25) is 5.88 Å². The van der Waals surface area contributed by atoms with Crippen LogP contribution in [0.2, 0.25) is 0 Å². The van der Waals surface area contributed by atoms with E-state index < -0.39 is 0 Å². The van der Waals surface area contributed by atoms with Gasteiger partial charge in [0.25, 0.3) is 5.91 Å². The van der Waals surface area contributed by atoms with Gasteiger partial charge in [-0.05, 0) is 19.1 Å². The number of carbonyl (C=O) groups excluding carboxylic acids is 1. The highest BCUT2D eigenvalue weighted by molar-refractivity contribution is 5.77. The normalized spacial score (nSPS) is 15.1. The third-order valence-electron chi connectivity index (χ3n) is 4.02. The summed E-state index contributed by atoms with van der Waals surface area (Å²) >= 11 is 0. The van der Waals surface area contributed by atoms with Crippen LogP contribution in [0.5, 0.6) is 11.6 Å². The van der Waals surface area contributed by atoms with Crippen molar-refractivity contribution in [1.29, 1.82) is 0 Å². The zero-order valence-corrected chi connectivity index (χ0v) is 13.7. The fraction of sp³-hybridized carbons (Fsp3) is 0.389. The number of carbonyl (C=O) groups is 1. The fourth-order valence-corrected chi connectivity index (χ4v) is 2.61. The highest BCUT2D eigenvalue weighted by Crippen LogP contribution is 2.17. The van der Waals surface area contributed by atoms with Crippen molar-refractivity contribution in [3.63, 3.8) is 0 Å². The van der Waals surface area contributed by atoms with E-state index >= 15 is 0 Å². The first-order valence-corrected chi connectivity index (χ1v) is 8.10. The number of amides is 1. The molecule has 0 aliphatic carbocycles. The smallest absolute Gasteiger partial charge is 0.260 e. The molecule has 6 heteroatoms. The maximum atomic E-state index is 12.2. The van der Waals surface area contributed by atoms with Crippen LogP contribution in [-0.2, 0) is 4.79 Å². The third kappa shape index (κ3) is 4.44. The molecule has 1 aliphatic heterocycles. The molecule has 0 radical (unpaired) electrons. The van der Waals surface area contributed by atoms with Gasteiger partial charge in [-0.3, -0.25) is 4.79 Å². The molecule has 0 atom stereocenters. The molecular weight excluding hydrogens is 306 g/mol. The van der Waals surface area contributed by atoms with Crippen molar-refractivity contribution < 1.29 is 14.3 Å². The first kappa shape index (κ1) is 16.2. The Labute approximate surface area is 141 Å². The largest absolute Gasteiger partial charge is 0.484 e. The lowest BCUT2D eigenvalue weighted by atomic mass is 10.1. The van der Waals surface area contributed by atoms with Gasteiger partial charge < -0.3 is 14.4 Å². The van der Waals surface area contributed by atoms with Crippen molar-refractivity contribution >= 4 is 5.91 Å². The van der Waals surface area contributed by atoms with Crippen molar-refractivity contribution in [3.05, 3.63) is 48.4 Å². The molecule has 2 heterocycles. The van der Waals surface area contributed by atoms with Crippen LogP contribution in [0.25, 0.3) is 0 Å². The highest BCUT2D eigenvalue weighted by atomic mass is 16.5. The number of aromatic nitrogens is 2. The molecule has 24 heavy (non-hydrogen) atoms. The number of aryl methyl sites for hydroxylation is 1. The Kier molecular flexibility index (Phi) is 5.25. The molecule has 6 nitrogen and oxygen atoms in total. The minimum Gasteiger partial charge on any atom is -0.484 e. The fourth-order valence-electron chi connectivity index (χ4n) is 2.61. The molecule has 1 amide bonds. The topological polar surface area (TPSA) is 64.5 Å². The third-order valence-corrected chi connectivity index (χ3v) is 4.02. The molecule has 2 aromatic rings. The Bertz CT molecular complexity index is 653. The number of ether oxygens (including phenoxy) is 2. The van der Waals surface area contributed by atoms with E-state index in [1.165, 1.54) is 11.9 Å². The standard InChI is InChI=1S/C18H21N3O3/c1-14-2-4-15(5-3-14)23-12-18(22)21-10-7-16(8-11-21)24-17-6-9-19-13-20-17/h2-6,9,13,16H,7-8,10-12H2,1H3. The number of rotatable bonds is 5. The number of benzene rings is 1. The maximum Gasteiger partial charge on any atom is 0.260 e. The van der Waals surface area contributed by atoms with Crippen molar-refractivity contribution in [1.82, 2.24) is 14.9 Å². The van der Waals surface area contributed by atoms with E-state index in [2.05, 4.69) is 9.97 Å². The summed E-state index contributed by atoms with van der Waals surface area (Å²) in [6, 6.07) is 9.44. The number of hydrogen-bond acceptors (Lipinski definition) is 5. The van der Waals surface area contributed by atoms with Gasteiger partial charge in [-0.15, -0.1) is 0 Å². The molecule has 1 fully saturated rings. The molecule has 1 saturated heterocycles. The van der Waals surface area contributed by atoms with Gasteiger partial charge in [-0.2, -0.15) is 0 Å². The number of piperidine rings is 1. The van der Waals surface area contributed by atoms with Gasteiger partial charge in [0.15, 0.2) is 6.61 Å². The van der Waals surface area contributed by atoms with Gasteiger partial charge in [0.1, 0.15) is 18.2 Å². The number of nitrogens with zero attached hydrogens (tertiary/aromatic N) is 3. The second-order valence-electron chi connectivity index (χ2n) is 5.85.